The molecule has 0 aliphatic heterocycles. The van der Waals surface area contributed by atoms with Gasteiger partial charge in [0.2, 0.25) is 0 Å². The van der Waals surface area contributed by atoms with Crippen LogP contribution in [-0.4, -0.2) is 26.3 Å². The lowest BCUT2D eigenvalue weighted by molar-refractivity contribution is 0.102. The van der Waals surface area contributed by atoms with Gasteiger partial charge in [-0.2, -0.15) is 0 Å². The van der Waals surface area contributed by atoms with Crippen molar-refractivity contribution in [1.82, 2.24) is 14.8 Å². The van der Waals surface area contributed by atoms with Gasteiger partial charge in [0.15, 0.2) is 16.8 Å². The molecule has 2 aromatic carbocycles. The average molecular weight is 371 g/mol. The molecule has 0 amide bonds. The van der Waals surface area contributed by atoms with Crippen molar-refractivity contribution in [2.24, 2.45) is 0 Å². The molecule has 0 bridgehead atoms. The Kier molecular flexibility index (Phi) is 5.58. The molecule has 1 heterocycles. The molecule has 4 nitrogen and oxygen atoms in total. The van der Waals surface area contributed by atoms with Crippen molar-refractivity contribution in [1.29, 1.82) is 0 Å². The van der Waals surface area contributed by atoms with E-state index in [2.05, 4.69) is 16.8 Å². The van der Waals surface area contributed by atoms with Gasteiger partial charge in [0.05, 0.1) is 5.75 Å². The number of ketones is 1. The molecule has 0 saturated heterocycles. The zero-order valence-corrected chi connectivity index (χ0v) is 14.5. The van der Waals surface area contributed by atoms with Gasteiger partial charge >= 0.3 is 0 Å². The van der Waals surface area contributed by atoms with E-state index in [9.17, 15) is 13.6 Å². The molecule has 0 N–H and O–H groups in total. The third-order valence-corrected chi connectivity index (χ3v) is 4.60. The number of rotatable bonds is 7. The summed E-state index contributed by atoms with van der Waals surface area (Å²) in [5.41, 5.74) is 1.16. The molecule has 1 aromatic heterocycles. The highest BCUT2D eigenvalue weighted by atomic mass is 32.2. The quantitative estimate of drug-likeness (QED) is 0.351. The largest absolute Gasteiger partial charge is 0.298 e. The lowest BCUT2D eigenvalue weighted by Crippen LogP contribution is -2.05. The smallest absolute Gasteiger partial charge is 0.192 e. The van der Waals surface area contributed by atoms with Crippen LogP contribution in [0.5, 0.6) is 0 Å². The van der Waals surface area contributed by atoms with Crippen molar-refractivity contribution in [3.05, 3.63) is 78.4 Å². The van der Waals surface area contributed by atoms with E-state index in [-0.39, 0.29) is 23.2 Å². The number of halogens is 2. The van der Waals surface area contributed by atoms with Crippen LogP contribution in [0.25, 0.3) is 11.4 Å². The number of thioether (sulfide) groups is 1. The molecule has 26 heavy (non-hydrogen) atoms. The Morgan fingerprint density at radius 2 is 1.65 bits per heavy atom. The van der Waals surface area contributed by atoms with Crippen molar-refractivity contribution < 1.29 is 13.6 Å². The summed E-state index contributed by atoms with van der Waals surface area (Å²) < 4.78 is 27.9. The highest BCUT2D eigenvalue weighted by Gasteiger charge is 2.15. The predicted octanol–water partition coefficient (Wildman–Crippen LogP) is 4.38. The molecular formula is C19H15F2N3OS. The van der Waals surface area contributed by atoms with Gasteiger partial charge in [0, 0.05) is 17.7 Å². The topological polar surface area (TPSA) is 47.8 Å². The van der Waals surface area contributed by atoms with Crippen LogP contribution >= 0.6 is 11.8 Å². The number of hydrogen-bond acceptors (Lipinski definition) is 4. The van der Waals surface area contributed by atoms with Gasteiger partial charge < -0.3 is 0 Å². The van der Waals surface area contributed by atoms with Crippen LogP contribution in [0.3, 0.4) is 0 Å². The predicted molar refractivity (Wildman–Crippen MR) is 97.1 cm³/mol. The zero-order valence-electron chi connectivity index (χ0n) is 13.7. The molecule has 3 aromatic rings. The lowest BCUT2D eigenvalue weighted by atomic mass is 10.1. The minimum Gasteiger partial charge on any atom is -0.298 e. The Morgan fingerprint density at radius 1 is 1.04 bits per heavy atom. The first-order valence-corrected chi connectivity index (χ1v) is 8.78. The van der Waals surface area contributed by atoms with Crippen LogP contribution in [0.2, 0.25) is 0 Å². The zero-order chi connectivity index (χ0) is 18.5. The second-order valence-electron chi connectivity index (χ2n) is 5.43. The second-order valence-corrected chi connectivity index (χ2v) is 6.37. The van der Waals surface area contributed by atoms with Crippen LogP contribution < -0.4 is 0 Å². The summed E-state index contributed by atoms with van der Waals surface area (Å²) in [6.45, 7) is 4.18. The third kappa shape index (κ3) is 4.05. The van der Waals surface area contributed by atoms with Crippen molar-refractivity contribution in [3.8, 4) is 11.4 Å². The maximum Gasteiger partial charge on any atom is 0.192 e. The number of aromatic nitrogens is 3. The van der Waals surface area contributed by atoms with E-state index >= 15 is 0 Å². The van der Waals surface area contributed by atoms with Gasteiger partial charge in [0.1, 0.15) is 11.6 Å². The minimum atomic E-state index is -0.385. The Labute approximate surface area is 153 Å². The van der Waals surface area contributed by atoms with Crippen LogP contribution in [0.15, 0.2) is 66.3 Å². The Morgan fingerprint density at radius 3 is 2.27 bits per heavy atom. The van der Waals surface area contributed by atoms with E-state index < -0.39 is 0 Å². The standard InChI is InChI=1S/C19H15F2N3OS/c1-2-11-24-18(14-5-9-16(21)10-6-14)22-23-19(24)26-12-17(25)13-3-7-15(20)8-4-13/h2-10H,1,11-12H2. The van der Waals surface area contributed by atoms with Gasteiger partial charge in [-0.3, -0.25) is 9.36 Å². The monoisotopic (exact) mass is 371 g/mol. The van der Waals surface area contributed by atoms with E-state index in [1.54, 1.807) is 18.2 Å². The highest BCUT2D eigenvalue weighted by molar-refractivity contribution is 7.99. The third-order valence-electron chi connectivity index (χ3n) is 3.63. The summed E-state index contributed by atoms with van der Waals surface area (Å²) in [5.74, 6) is -0.135. The number of hydrogen-bond donors (Lipinski definition) is 0. The summed E-state index contributed by atoms with van der Waals surface area (Å²) >= 11 is 1.24. The van der Waals surface area contributed by atoms with E-state index in [0.29, 0.717) is 23.1 Å². The molecule has 0 atom stereocenters. The van der Waals surface area contributed by atoms with Crippen LogP contribution in [-0.2, 0) is 6.54 Å². The number of Topliss-reactive ketones (excluding diaryl/α,β-unsaturated/α-hetero) is 1. The normalized spacial score (nSPS) is 10.7. The molecule has 3 rings (SSSR count). The molecule has 0 fully saturated rings. The first-order valence-electron chi connectivity index (χ1n) is 7.80. The van der Waals surface area contributed by atoms with E-state index in [1.165, 1.54) is 48.2 Å². The van der Waals surface area contributed by atoms with Crippen LogP contribution in [0, 0.1) is 11.6 Å². The Hall–Kier alpha value is -2.80. The molecule has 7 heteroatoms. The highest BCUT2D eigenvalue weighted by Crippen LogP contribution is 2.25. The summed E-state index contributed by atoms with van der Waals surface area (Å²) in [6.07, 6.45) is 1.70. The van der Waals surface area contributed by atoms with Gasteiger partial charge in [0.25, 0.3) is 0 Å². The first kappa shape index (κ1) is 18.0. The van der Waals surface area contributed by atoms with Gasteiger partial charge in [-0.1, -0.05) is 17.8 Å². The fourth-order valence-corrected chi connectivity index (χ4v) is 3.19. The first-order chi connectivity index (χ1) is 12.6. The lowest BCUT2D eigenvalue weighted by Gasteiger charge is -2.07. The molecule has 0 aliphatic carbocycles. The van der Waals surface area contributed by atoms with E-state index in [1.807, 2.05) is 4.57 Å². The van der Waals surface area contributed by atoms with E-state index in [0.717, 1.165) is 5.56 Å². The van der Waals surface area contributed by atoms with Crippen molar-refractivity contribution >= 4 is 17.5 Å². The fraction of sp³-hybridized carbons (Fsp3) is 0.105. The maximum atomic E-state index is 13.1. The minimum absolute atomic E-state index is 0.133. The van der Waals surface area contributed by atoms with Gasteiger partial charge in [-0.25, -0.2) is 8.78 Å². The summed E-state index contributed by atoms with van der Waals surface area (Å²) in [6, 6.07) is 11.4. The summed E-state index contributed by atoms with van der Waals surface area (Å²) in [7, 11) is 0. The number of benzene rings is 2. The number of carbonyl (C=O) groups is 1. The number of nitrogens with zero attached hydrogens (tertiary/aromatic N) is 3. The van der Waals surface area contributed by atoms with Crippen LogP contribution in [0.4, 0.5) is 8.78 Å². The van der Waals surface area contributed by atoms with E-state index in [4.69, 9.17) is 0 Å². The van der Waals surface area contributed by atoms with Gasteiger partial charge in [-0.15, -0.1) is 16.8 Å². The summed E-state index contributed by atoms with van der Waals surface area (Å²) in [5, 5.41) is 8.85. The van der Waals surface area contributed by atoms with Crippen molar-refractivity contribution in [2.45, 2.75) is 11.7 Å². The number of carbonyl (C=O) groups excluding carboxylic acids is 1. The molecule has 0 unspecified atom stereocenters. The molecule has 0 spiro atoms. The molecule has 0 radical (unpaired) electrons. The number of allylic oxidation sites excluding steroid dienone is 1. The molecule has 0 saturated carbocycles. The second kappa shape index (κ2) is 8.05. The molecular weight excluding hydrogens is 356 g/mol. The Balaban J connectivity index is 1.79. The van der Waals surface area contributed by atoms with Crippen LogP contribution in [0.1, 0.15) is 10.4 Å². The average Bonchev–Trinajstić information content (AvgIpc) is 3.04. The molecule has 0 aliphatic rings. The maximum absolute atomic E-state index is 13.1. The van der Waals surface area contributed by atoms with Gasteiger partial charge in [-0.05, 0) is 48.5 Å². The molecule has 132 valence electrons. The Bertz CT molecular complexity index is 921. The summed E-state index contributed by atoms with van der Waals surface area (Å²) in [4.78, 5) is 12.3. The fourth-order valence-electron chi connectivity index (χ4n) is 2.35. The SMILES string of the molecule is C=CCn1c(SCC(=O)c2ccc(F)cc2)nnc1-c1ccc(F)cc1. The van der Waals surface area contributed by atoms with Crippen molar-refractivity contribution in [2.75, 3.05) is 5.75 Å². The van der Waals surface area contributed by atoms with Crippen molar-refractivity contribution in [3.63, 3.8) is 0 Å².